The highest BCUT2D eigenvalue weighted by molar-refractivity contribution is 6.88. The van der Waals surface area contributed by atoms with E-state index in [1.807, 2.05) is 0 Å². The van der Waals surface area contributed by atoms with Crippen LogP contribution in [0.5, 0.6) is 0 Å². The number of hydrogen-bond acceptors (Lipinski definition) is 2. The van der Waals surface area contributed by atoms with E-state index in [2.05, 4.69) is 223 Å². The second-order valence-corrected chi connectivity index (χ2v) is 23.4. The van der Waals surface area contributed by atoms with E-state index in [1.165, 1.54) is 71.3 Å². The minimum Gasteiger partial charge on any atom is -0.310 e. The van der Waals surface area contributed by atoms with Crippen molar-refractivity contribution in [3.8, 4) is 0 Å². The number of rotatable bonds is 9. The van der Waals surface area contributed by atoms with E-state index >= 15 is 0 Å². The molecular weight excluding hydrogens is 693 g/mol. The molecule has 0 bridgehead atoms. The molecule has 8 rings (SSSR count). The Morgan fingerprint density at radius 2 is 0.786 bits per heavy atom. The van der Waals surface area contributed by atoms with Gasteiger partial charge in [-0.1, -0.05) is 158 Å². The Bertz CT molecular complexity index is 2440. The molecule has 8 aromatic carbocycles. The van der Waals surface area contributed by atoms with Crippen LogP contribution in [0.1, 0.15) is 77.0 Å². The summed E-state index contributed by atoms with van der Waals surface area (Å²) < 4.78 is 0. The van der Waals surface area contributed by atoms with Crippen molar-refractivity contribution in [3.63, 3.8) is 0 Å². The Balaban J connectivity index is 1.47. The molecule has 0 heterocycles. The third kappa shape index (κ3) is 6.66. The van der Waals surface area contributed by atoms with Crippen molar-refractivity contribution >= 4 is 79.7 Å². The van der Waals surface area contributed by atoms with Crippen LogP contribution < -0.4 is 15.0 Å². The molecule has 0 aliphatic rings. The molecule has 0 atom stereocenters. The molecule has 0 unspecified atom stereocenters. The Morgan fingerprint density at radius 1 is 0.429 bits per heavy atom. The van der Waals surface area contributed by atoms with Crippen LogP contribution in [0.4, 0.5) is 34.1 Å². The lowest BCUT2D eigenvalue weighted by molar-refractivity contribution is 0.590. The smallest absolute Gasteiger partial charge is 0.0775 e. The van der Waals surface area contributed by atoms with Crippen LogP contribution in [0.3, 0.4) is 0 Å². The molecule has 2 nitrogen and oxygen atoms in total. The summed E-state index contributed by atoms with van der Waals surface area (Å²) in [4.78, 5) is 4.97. The Morgan fingerprint density at radius 3 is 1.14 bits per heavy atom. The normalized spacial score (nSPS) is 12.4. The van der Waals surface area contributed by atoms with Crippen LogP contribution in [0.25, 0.3) is 32.3 Å². The first-order chi connectivity index (χ1) is 26.7. The summed E-state index contributed by atoms with van der Waals surface area (Å²) in [6, 6.07) is 55.0. The van der Waals surface area contributed by atoms with Gasteiger partial charge in [0.05, 0.1) is 19.4 Å². The molecule has 282 valence electrons. The van der Waals surface area contributed by atoms with Crippen LogP contribution in [0, 0.1) is 0 Å². The average Bonchev–Trinajstić information content (AvgIpc) is 3.18. The lowest BCUT2D eigenvalue weighted by Crippen LogP contribution is -2.37. The van der Waals surface area contributed by atoms with Gasteiger partial charge in [0.25, 0.3) is 0 Å². The van der Waals surface area contributed by atoms with Crippen molar-refractivity contribution in [2.45, 2.75) is 85.4 Å². The van der Waals surface area contributed by atoms with Crippen LogP contribution in [-0.4, -0.2) is 8.07 Å². The van der Waals surface area contributed by atoms with Gasteiger partial charge in [0.1, 0.15) is 0 Å². The zero-order valence-electron chi connectivity index (χ0n) is 34.9. The van der Waals surface area contributed by atoms with Gasteiger partial charge in [0.15, 0.2) is 0 Å². The molecule has 8 aromatic rings. The molecule has 0 saturated carbocycles. The van der Waals surface area contributed by atoms with E-state index in [0.29, 0.717) is 11.8 Å². The topological polar surface area (TPSA) is 6.48 Å². The second kappa shape index (κ2) is 14.3. The van der Waals surface area contributed by atoms with Gasteiger partial charge in [-0.25, -0.2) is 0 Å². The van der Waals surface area contributed by atoms with Crippen molar-refractivity contribution in [2.75, 3.05) is 9.80 Å². The fourth-order valence-corrected chi connectivity index (χ4v) is 9.73. The molecule has 0 N–H and O–H groups in total. The predicted octanol–water partition coefficient (Wildman–Crippen LogP) is 15.6. The lowest BCUT2D eigenvalue weighted by Gasteiger charge is -2.32. The fraction of sp³-hybridized carbons (Fsp3) is 0.245. The van der Waals surface area contributed by atoms with E-state index in [-0.39, 0.29) is 5.41 Å². The maximum atomic E-state index is 2.49. The van der Waals surface area contributed by atoms with Gasteiger partial charge in [-0.05, 0) is 116 Å². The molecule has 0 spiro atoms. The first-order valence-corrected chi connectivity index (χ1v) is 23.9. The standard InChI is InChI=1S/C53H56N2Si/c1-35(2)47-33-49(54(38-17-13-11-14-18-38)40-23-21-37(22-24-40)53(5,6)7)45-31-29-44-48(36(3)4)34-50(46-32-30-43(47)51(45)52(44)46)55(39-19-15-12-16-20-39)41-25-27-42(28-26-41)56(8,9)10/h11-36H,1-10H3. The van der Waals surface area contributed by atoms with E-state index in [4.69, 9.17) is 0 Å². The molecule has 56 heavy (non-hydrogen) atoms. The Hall–Kier alpha value is -5.38. The third-order valence-corrected chi connectivity index (χ3v) is 13.7. The van der Waals surface area contributed by atoms with Crippen molar-refractivity contribution in [2.24, 2.45) is 0 Å². The van der Waals surface area contributed by atoms with Gasteiger partial charge >= 0.3 is 0 Å². The van der Waals surface area contributed by atoms with Gasteiger partial charge in [-0.3, -0.25) is 0 Å². The van der Waals surface area contributed by atoms with Crippen molar-refractivity contribution in [3.05, 3.63) is 162 Å². The molecule has 0 amide bonds. The SMILES string of the molecule is CC(C)c1cc(N(c2ccccc2)c2ccc(C(C)(C)C)cc2)c2ccc3c(C(C)C)cc(N(c4ccccc4)c4ccc([Si](C)(C)C)cc4)c4ccc1c2c34. The van der Waals surface area contributed by atoms with E-state index in [1.54, 1.807) is 0 Å². The summed E-state index contributed by atoms with van der Waals surface area (Å²) in [7, 11) is -1.47. The summed E-state index contributed by atoms with van der Waals surface area (Å²) in [6.45, 7) is 23.5. The highest BCUT2D eigenvalue weighted by Gasteiger charge is 2.26. The molecule has 0 fully saturated rings. The van der Waals surface area contributed by atoms with E-state index in [0.717, 1.165) is 17.1 Å². The molecule has 0 aromatic heterocycles. The molecule has 0 radical (unpaired) electrons. The van der Waals surface area contributed by atoms with Crippen LogP contribution in [-0.2, 0) is 5.41 Å². The summed E-state index contributed by atoms with van der Waals surface area (Å²) in [5, 5.41) is 9.38. The molecule has 3 heteroatoms. The van der Waals surface area contributed by atoms with E-state index in [9.17, 15) is 0 Å². The van der Waals surface area contributed by atoms with Gasteiger partial charge in [0, 0.05) is 33.5 Å². The largest absolute Gasteiger partial charge is 0.310 e. The summed E-state index contributed by atoms with van der Waals surface area (Å²) in [6.07, 6.45) is 0. The molecule has 0 aliphatic carbocycles. The van der Waals surface area contributed by atoms with Crippen LogP contribution in [0.15, 0.2) is 146 Å². The quantitative estimate of drug-likeness (QED) is 0.107. The lowest BCUT2D eigenvalue weighted by atomic mass is 9.84. The van der Waals surface area contributed by atoms with Crippen LogP contribution >= 0.6 is 0 Å². The molecule has 0 aliphatic heterocycles. The monoisotopic (exact) mass is 748 g/mol. The zero-order valence-corrected chi connectivity index (χ0v) is 35.9. The third-order valence-electron chi connectivity index (χ3n) is 11.7. The highest BCUT2D eigenvalue weighted by atomic mass is 28.3. The van der Waals surface area contributed by atoms with Crippen LogP contribution in [0.2, 0.25) is 19.6 Å². The number of hydrogen-bond donors (Lipinski definition) is 0. The minimum absolute atomic E-state index is 0.0732. The number of benzene rings is 8. The number of para-hydroxylation sites is 2. The van der Waals surface area contributed by atoms with Gasteiger partial charge < -0.3 is 9.80 Å². The van der Waals surface area contributed by atoms with Gasteiger partial charge in [0.2, 0.25) is 0 Å². The van der Waals surface area contributed by atoms with E-state index < -0.39 is 8.07 Å². The summed E-state index contributed by atoms with van der Waals surface area (Å²) in [5.74, 6) is 0.658. The first-order valence-electron chi connectivity index (χ1n) is 20.4. The summed E-state index contributed by atoms with van der Waals surface area (Å²) in [5.41, 5.74) is 11.2. The van der Waals surface area contributed by atoms with Crippen molar-refractivity contribution < 1.29 is 0 Å². The second-order valence-electron chi connectivity index (χ2n) is 18.3. The molecular formula is C53H56N2Si. The summed E-state index contributed by atoms with van der Waals surface area (Å²) >= 11 is 0. The predicted molar refractivity (Wildman–Crippen MR) is 249 cm³/mol. The van der Waals surface area contributed by atoms with Gasteiger partial charge in [-0.2, -0.15) is 0 Å². The number of anilines is 6. The minimum atomic E-state index is -1.47. The average molecular weight is 749 g/mol. The maximum absolute atomic E-state index is 2.49. The highest BCUT2D eigenvalue weighted by Crippen LogP contribution is 2.51. The fourth-order valence-electron chi connectivity index (χ4n) is 8.56. The van der Waals surface area contributed by atoms with Gasteiger partial charge in [-0.15, -0.1) is 0 Å². The van der Waals surface area contributed by atoms with Crippen molar-refractivity contribution in [1.29, 1.82) is 0 Å². The van der Waals surface area contributed by atoms with Crippen molar-refractivity contribution in [1.82, 2.24) is 0 Å². The zero-order chi connectivity index (χ0) is 39.5. The Labute approximate surface area is 335 Å². The Kier molecular flexibility index (Phi) is 9.57. The number of nitrogens with zero attached hydrogens (tertiary/aromatic N) is 2. The molecule has 0 saturated heterocycles. The maximum Gasteiger partial charge on any atom is 0.0775 e. The first kappa shape index (κ1) is 37.5.